The summed E-state index contributed by atoms with van der Waals surface area (Å²) >= 11 is 5.77. The third-order valence-corrected chi connectivity index (χ3v) is 3.03. The number of nitrogens with one attached hydrogen (secondary N) is 1. The Labute approximate surface area is 113 Å². The Kier molecular flexibility index (Phi) is 5.48. The molecule has 1 aromatic carbocycles. The first-order chi connectivity index (χ1) is 8.43. The zero-order chi connectivity index (χ0) is 13.6. The van der Waals surface area contributed by atoms with Crippen LogP contribution in [0.2, 0.25) is 5.02 Å². The summed E-state index contributed by atoms with van der Waals surface area (Å²) in [4.78, 5) is 11.6. The number of hydrogen-bond acceptors (Lipinski definition) is 2. The van der Waals surface area contributed by atoms with Crippen LogP contribution in [-0.2, 0) is 4.79 Å². The first-order valence-corrected chi connectivity index (χ1v) is 6.50. The van der Waals surface area contributed by atoms with Crippen LogP contribution in [0.3, 0.4) is 0 Å². The standard InChI is InChI=1S/C14H20ClNO2/c1-4-14(2,3)16-13(17)9-10-18-12-7-5-11(15)6-8-12/h5-8H,4,9-10H2,1-3H3,(H,16,17). The number of rotatable bonds is 6. The van der Waals surface area contributed by atoms with Crippen molar-refractivity contribution < 1.29 is 9.53 Å². The summed E-state index contributed by atoms with van der Waals surface area (Å²) in [6.45, 7) is 6.42. The zero-order valence-electron chi connectivity index (χ0n) is 11.1. The molecule has 1 rings (SSSR count). The summed E-state index contributed by atoms with van der Waals surface area (Å²) in [5.41, 5.74) is -0.155. The van der Waals surface area contributed by atoms with E-state index in [2.05, 4.69) is 5.32 Å². The molecule has 100 valence electrons. The zero-order valence-corrected chi connectivity index (χ0v) is 11.9. The fourth-order valence-corrected chi connectivity index (χ4v) is 1.45. The van der Waals surface area contributed by atoms with Gasteiger partial charge in [-0.2, -0.15) is 0 Å². The molecule has 0 atom stereocenters. The van der Waals surface area contributed by atoms with E-state index in [1.54, 1.807) is 24.3 Å². The molecule has 0 aliphatic rings. The fourth-order valence-electron chi connectivity index (χ4n) is 1.32. The molecule has 0 saturated heterocycles. The quantitative estimate of drug-likeness (QED) is 0.859. The number of carbonyl (C=O) groups is 1. The van der Waals surface area contributed by atoms with Gasteiger partial charge >= 0.3 is 0 Å². The minimum absolute atomic E-state index is 0.0100. The Bertz CT molecular complexity index is 387. The molecule has 18 heavy (non-hydrogen) atoms. The van der Waals surface area contributed by atoms with Gasteiger partial charge in [0, 0.05) is 10.6 Å². The van der Waals surface area contributed by atoms with E-state index in [1.165, 1.54) is 0 Å². The Hall–Kier alpha value is -1.22. The van der Waals surface area contributed by atoms with E-state index in [0.29, 0.717) is 18.1 Å². The third kappa shape index (κ3) is 5.41. The molecule has 0 aromatic heterocycles. The van der Waals surface area contributed by atoms with Crippen LogP contribution < -0.4 is 10.1 Å². The lowest BCUT2D eigenvalue weighted by molar-refractivity contribution is -0.123. The molecule has 4 heteroatoms. The second-order valence-electron chi connectivity index (χ2n) is 4.84. The molecular weight excluding hydrogens is 250 g/mol. The number of carbonyl (C=O) groups excluding carboxylic acids is 1. The van der Waals surface area contributed by atoms with Crippen molar-refractivity contribution in [3.8, 4) is 5.75 Å². The highest BCUT2D eigenvalue weighted by Gasteiger charge is 2.17. The lowest BCUT2D eigenvalue weighted by Gasteiger charge is -2.24. The molecule has 0 fully saturated rings. The maximum atomic E-state index is 11.6. The van der Waals surface area contributed by atoms with E-state index in [9.17, 15) is 4.79 Å². The molecule has 0 unspecified atom stereocenters. The van der Waals surface area contributed by atoms with Gasteiger partial charge in [0.2, 0.25) is 5.91 Å². The molecule has 0 aliphatic carbocycles. The molecule has 0 bridgehead atoms. The second kappa shape index (κ2) is 6.64. The van der Waals surface area contributed by atoms with E-state index >= 15 is 0 Å². The van der Waals surface area contributed by atoms with E-state index < -0.39 is 0 Å². The monoisotopic (exact) mass is 269 g/mol. The van der Waals surface area contributed by atoms with Gasteiger partial charge in [-0.25, -0.2) is 0 Å². The van der Waals surface area contributed by atoms with Crippen LogP contribution in [0.25, 0.3) is 0 Å². The minimum atomic E-state index is -0.155. The maximum Gasteiger partial charge on any atom is 0.223 e. The largest absolute Gasteiger partial charge is 0.493 e. The Morgan fingerprint density at radius 2 is 1.94 bits per heavy atom. The Morgan fingerprint density at radius 1 is 1.33 bits per heavy atom. The number of amides is 1. The van der Waals surface area contributed by atoms with Gasteiger partial charge in [-0.15, -0.1) is 0 Å². The van der Waals surface area contributed by atoms with Crippen LogP contribution in [0.4, 0.5) is 0 Å². The van der Waals surface area contributed by atoms with Crippen LogP contribution in [0.1, 0.15) is 33.6 Å². The summed E-state index contributed by atoms with van der Waals surface area (Å²) in [5, 5.41) is 3.63. The van der Waals surface area contributed by atoms with Gasteiger partial charge in [-0.05, 0) is 44.5 Å². The van der Waals surface area contributed by atoms with Crippen molar-refractivity contribution in [1.29, 1.82) is 0 Å². The van der Waals surface area contributed by atoms with Gasteiger partial charge in [-0.3, -0.25) is 4.79 Å². The van der Waals surface area contributed by atoms with Crippen LogP contribution in [0.5, 0.6) is 5.75 Å². The normalized spacial score (nSPS) is 11.1. The predicted octanol–water partition coefficient (Wildman–Crippen LogP) is 3.41. The van der Waals surface area contributed by atoms with Gasteiger partial charge in [0.15, 0.2) is 0 Å². The van der Waals surface area contributed by atoms with Crippen molar-refractivity contribution in [3.63, 3.8) is 0 Å². The third-order valence-electron chi connectivity index (χ3n) is 2.77. The molecule has 0 aliphatic heterocycles. The number of hydrogen-bond donors (Lipinski definition) is 1. The highest BCUT2D eigenvalue weighted by atomic mass is 35.5. The van der Waals surface area contributed by atoms with Crippen molar-refractivity contribution in [2.75, 3.05) is 6.61 Å². The molecule has 0 heterocycles. The number of halogens is 1. The van der Waals surface area contributed by atoms with Gasteiger partial charge in [0.25, 0.3) is 0 Å². The first kappa shape index (κ1) is 14.8. The smallest absolute Gasteiger partial charge is 0.223 e. The molecular formula is C14H20ClNO2. The van der Waals surface area contributed by atoms with Crippen molar-refractivity contribution in [3.05, 3.63) is 29.3 Å². The van der Waals surface area contributed by atoms with Crippen LogP contribution >= 0.6 is 11.6 Å². The first-order valence-electron chi connectivity index (χ1n) is 6.12. The maximum absolute atomic E-state index is 11.6. The SMILES string of the molecule is CCC(C)(C)NC(=O)CCOc1ccc(Cl)cc1. The minimum Gasteiger partial charge on any atom is -0.493 e. The second-order valence-corrected chi connectivity index (χ2v) is 5.27. The number of benzene rings is 1. The molecule has 0 saturated carbocycles. The van der Waals surface area contributed by atoms with Gasteiger partial charge in [0.05, 0.1) is 13.0 Å². The molecule has 1 aromatic rings. The number of ether oxygens (including phenoxy) is 1. The van der Waals surface area contributed by atoms with E-state index in [1.807, 2.05) is 20.8 Å². The molecule has 0 spiro atoms. The van der Waals surface area contributed by atoms with Crippen molar-refractivity contribution in [2.24, 2.45) is 0 Å². The van der Waals surface area contributed by atoms with Crippen molar-refractivity contribution >= 4 is 17.5 Å². The van der Waals surface area contributed by atoms with Crippen LogP contribution in [0.15, 0.2) is 24.3 Å². The average molecular weight is 270 g/mol. The highest BCUT2D eigenvalue weighted by Crippen LogP contribution is 2.15. The van der Waals surface area contributed by atoms with Crippen LogP contribution in [0, 0.1) is 0 Å². The topological polar surface area (TPSA) is 38.3 Å². The summed E-state index contributed by atoms with van der Waals surface area (Å²) in [6.07, 6.45) is 1.25. The van der Waals surface area contributed by atoms with E-state index in [-0.39, 0.29) is 11.4 Å². The summed E-state index contributed by atoms with van der Waals surface area (Å²) in [5.74, 6) is 0.734. The van der Waals surface area contributed by atoms with Crippen molar-refractivity contribution in [2.45, 2.75) is 39.2 Å². The van der Waals surface area contributed by atoms with Gasteiger partial charge in [-0.1, -0.05) is 18.5 Å². The summed E-state index contributed by atoms with van der Waals surface area (Å²) in [7, 11) is 0. The Morgan fingerprint density at radius 3 is 2.50 bits per heavy atom. The lowest BCUT2D eigenvalue weighted by atomic mass is 10.0. The van der Waals surface area contributed by atoms with Gasteiger partial charge in [0.1, 0.15) is 5.75 Å². The van der Waals surface area contributed by atoms with Crippen LogP contribution in [-0.4, -0.2) is 18.1 Å². The van der Waals surface area contributed by atoms with E-state index in [4.69, 9.17) is 16.3 Å². The Balaban J connectivity index is 2.29. The fraction of sp³-hybridized carbons (Fsp3) is 0.500. The molecule has 3 nitrogen and oxygen atoms in total. The molecule has 1 amide bonds. The lowest BCUT2D eigenvalue weighted by Crippen LogP contribution is -2.43. The summed E-state index contributed by atoms with van der Waals surface area (Å²) in [6, 6.07) is 7.10. The van der Waals surface area contributed by atoms with E-state index in [0.717, 1.165) is 12.2 Å². The predicted molar refractivity (Wildman–Crippen MR) is 74.1 cm³/mol. The molecule has 1 N–H and O–H groups in total. The highest BCUT2D eigenvalue weighted by molar-refractivity contribution is 6.30. The van der Waals surface area contributed by atoms with Crippen molar-refractivity contribution in [1.82, 2.24) is 5.32 Å². The average Bonchev–Trinajstić information content (AvgIpc) is 2.31. The molecule has 0 radical (unpaired) electrons. The summed E-state index contributed by atoms with van der Waals surface area (Å²) < 4.78 is 5.46. The van der Waals surface area contributed by atoms with Gasteiger partial charge < -0.3 is 10.1 Å².